The first-order valence-corrected chi connectivity index (χ1v) is 12.4. The van der Waals surface area contributed by atoms with Gasteiger partial charge >= 0.3 is 0 Å². The van der Waals surface area contributed by atoms with E-state index in [4.69, 9.17) is 14.1 Å². The van der Waals surface area contributed by atoms with E-state index >= 15 is 0 Å². The fraction of sp³-hybridized carbons (Fsp3) is 0.261. The van der Waals surface area contributed by atoms with Crippen molar-refractivity contribution in [2.24, 2.45) is 0 Å². The van der Waals surface area contributed by atoms with Gasteiger partial charge < -0.3 is 14.1 Å². The van der Waals surface area contributed by atoms with E-state index in [-0.39, 0.29) is 6.10 Å². The van der Waals surface area contributed by atoms with Crippen LogP contribution >= 0.6 is 23.1 Å². The molecular weight excluding hydrogens is 442 g/mol. The highest BCUT2D eigenvalue weighted by Gasteiger charge is 2.23. The molecule has 1 aromatic carbocycles. The molecule has 4 aromatic heterocycles. The maximum Gasteiger partial charge on any atom is 0.191 e. The Morgan fingerprint density at radius 3 is 3.06 bits per heavy atom. The Bertz CT molecular complexity index is 1330. The zero-order valence-corrected chi connectivity index (χ0v) is 18.9. The van der Waals surface area contributed by atoms with Crippen LogP contribution in [-0.4, -0.2) is 37.4 Å². The van der Waals surface area contributed by atoms with Crippen LogP contribution in [0.3, 0.4) is 0 Å². The lowest BCUT2D eigenvalue weighted by molar-refractivity contribution is 0.0953. The molecule has 162 valence electrons. The first-order valence-electron chi connectivity index (χ1n) is 10.6. The molecule has 1 saturated heterocycles. The van der Waals surface area contributed by atoms with Gasteiger partial charge in [-0.1, -0.05) is 30.0 Å². The number of aromatic amines is 1. The maximum absolute atomic E-state index is 5.94. The third kappa shape index (κ3) is 3.76. The summed E-state index contributed by atoms with van der Waals surface area (Å²) in [6.07, 6.45) is 7.78. The van der Waals surface area contributed by atoms with Gasteiger partial charge in [-0.05, 0) is 25.0 Å². The largest absolute Gasteiger partial charge is 0.472 e. The number of para-hydroxylation sites is 1. The molecule has 0 bridgehead atoms. The number of furan rings is 1. The number of rotatable bonds is 7. The van der Waals surface area contributed by atoms with E-state index in [1.165, 1.54) is 0 Å². The van der Waals surface area contributed by atoms with Crippen molar-refractivity contribution in [3.8, 4) is 22.0 Å². The highest BCUT2D eigenvalue weighted by atomic mass is 32.2. The Labute approximate surface area is 192 Å². The van der Waals surface area contributed by atoms with E-state index in [2.05, 4.69) is 43.3 Å². The van der Waals surface area contributed by atoms with E-state index < -0.39 is 0 Å². The standard InChI is InChI=1S/C23H21N5O2S2/c1-2-6-20-18(5-1)19(10-24-20)21-26-27-23(28(21)11-17-4-3-8-30-17)32-14-16-13-31-22(25-16)15-7-9-29-12-15/h1-2,5-7,9-10,12-13,17,24H,3-4,8,11,14H2. The van der Waals surface area contributed by atoms with Gasteiger partial charge in [-0.15, -0.1) is 21.5 Å². The first-order chi connectivity index (χ1) is 15.8. The maximum atomic E-state index is 5.94. The number of thioether (sulfide) groups is 1. The summed E-state index contributed by atoms with van der Waals surface area (Å²) < 4.78 is 13.3. The molecule has 1 fully saturated rings. The Hall–Kier alpha value is -2.88. The lowest BCUT2D eigenvalue weighted by Crippen LogP contribution is -2.16. The van der Waals surface area contributed by atoms with Crippen molar-refractivity contribution in [3.05, 3.63) is 60.1 Å². The average Bonchev–Trinajstić information content (AvgIpc) is 3.64. The summed E-state index contributed by atoms with van der Waals surface area (Å²) in [4.78, 5) is 8.10. The molecule has 1 aliphatic heterocycles. The Balaban J connectivity index is 1.30. The second kappa shape index (κ2) is 8.57. The van der Waals surface area contributed by atoms with Gasteiger partial charge in [0.1, 0.15) is 11.3 Å². The van der Waals surface area contributed by atoms with Crippen LogP contribution in [-0.2, 0) is 17.0 Å². The summed E-state index contributed by atoms with van der Waals surface area (Å²) in [5.74, 6) is 1.60. The fourth-order valence-electron chi connectivity index (χ4n) is 4.04. The molecule has 0 aliphatic carbocycles. The van der Waals surface area contributed by atoms with Crippen LogP contribution in [0.5, 0.6) is 0 Å². The number of fused-ring (bicyclic) bond motifs is 1. The summed E-state index contributed by atoms with van der Waals surface area (Å²) in [7, 11) is 0. The summed E-state index contributed by atoms with van der Waals surface area (Å²) in [6.45, 7) is 1.58. The second-order valence-corrected chi connectivity index (χ2v) is 9.55. The molecule has 1 unspecified atom stereocenters. The lowest BCUT2D eigenvalue weighted by Gasteiger charge is -2.14. The molecule has 9 heteroatoms. The van der Waals surface area contributed by atoms with Gasteiger partial charge in [-0.25, -0.2) is 4.98 Å². The van der Waals surface area contributed by atoms with Gasteiger partial charge in [0.25, 0.3) is 0 Å². The van der Waals surface area contributed by atoms with Gasteiger partial charge in [0.15, 0.2) is 11.0 Å². The SMILES string of the molecule is c1ccc2c(-c3nnc(SCc4csc(-c5ccoc5)n4)n3CC3CCCO3)c[nH]c2c1. The highest BCUT2D eigenvalue weighted by Crippen LogP contribution is 2.33. The number of ether oxygens (including phenoxy) is 1. The molecule has 0 saturated carbocycles. The normalized spacial score (nSPS) is 16.3. The van der Waals surface area contributed by atoms with Crippen molar-refractivity contribution in [1.82, 2.24) is 24.7 Å². The molecule has 0 spiro atoms. The van der Waals surface area contributed by atoms with Gasteiger partial charge in [0.2, 0.25) is 0 Å². The Kier molecular flexibility index (Phi) is 5.30. The van der Waals surface area contributed by atoms with Crippen molar-refractivity contribution in [2.75, 3.05) is 6.61 Å². The van der Waals surface area contributed by atoms with Crippen molar-refractivity contribution in [2.45, 2.75) is 36.4 Å². The molecular formula is C23H21N5O2S2. The number of H-pyrrole nitrogens is 1. The summed E-state index contributed by atoms with van der Waals surface area (Å²) in [5.41, 5.74) is 4.19. The topological polar surface area (TPSA) is 81.8 Å². The van der Waals surface area contributed by atoms with Crippen LogP contribution in [0.15, 0.2) is 64.0 Å². The molecule has 5 heterocycles. The van der Waals surface area contributed by atoms with Crippen LogP contribution in [0, 0.1) is 0 Å². The third-order valence-corrected chi connectivity index (χ3v) is 7.57. The minimum atomic E-state index is 0.196. The van der Waals surface area contributed by atoms with Gasteiger partial charge in [0.05, 0.1) is 24.6 Å². The first kappa shape index (κ1) is 19.8. The third-order valence-electron chi connectivity index (χ3n) is 5.63. The molecule has 1 aliphatic rings. The molecule has 0 radical (unpaired) electrons. The van der Waals surface area contributed by atoms with Crippen LogP contribution < -0.4 is 0 Å². The van der Waals surface area contributed by atoms with E-state index in [0.29, 0.717) is 0 Å². The zero-order valence-electron chi connectivity index (χ0n) is 17.2. The number of benzene rings is 1. The molecule has 5 aromatic rings. The summed E-state index contributed by atoms with van der Waals surface area (Å²) in [6, 6.07) is 10.2. The highest BCUT2D eigenvalue weighted by molar-refractivity contribution is 7.98. The fourth-order valence-corrected chi connectivity index (χ4v) is 5.79. The number of aromatic nitrogens is 5. The second-order valence-electron chi connectivity index (χ2n) is 7.74. The zero-order chi connectivity index (χ0) is 21.3. The molecule has 1 atom stereocenters. The van der Waals surface area contributed by atoms with Crippen molar-refractivity contribution >= 4 is 34.0 Å². The smallest absolute Gasteiger partial charge is 0.191 e. The average molecular weight is 464 g/mol. The van der Waals surface area contributed by atoms with E-state index in [0.717, 1.165) is 75.5 Å². The number of hydrogen-bond acceptors (Lipinski definition) is 7. The number of hydrogen-bond donors (Lipinski definition) is 1. The number of thiazole rings is 1. The van der Waals surface area contributed by atoms with E-state index in [1.807, 2.05) is 18.3 Å². The predicted molar refractivity (Wildman–Crippen MR) is 126 cm³/mol. The van der Waals surface area contributed by atoms with Gasteiger partial charge in [0, 0.05) is 46.0 Å². The lowest BCUT2D eigenvalue weighted by atomic mass is 10.1. The monoisotopic (exact) mass is 463 g/mol. The molecule has 32 heavy (non-hydrogen) atoms. The molecule has 1 N–H and O–H groups in total. The Morgan fingerprint density at radius 2 is 2.19 bits per heavy atom. The molecule has 6 rings (SSSR count). The van der Waals surface area contributed by atoms with E-state index in [1.54, 1.807) is 35.6 Å². The van der Waals surface area contributed by atoms with Gasteiger partial charge in [-0.3, -0.25) is 4.57 Å². The number of nitrogens with one attached hydrogen (secondary N) is 1. The van der Waals surface area contributed by atoms with Crippen molar-refractivity contribution < 1.29 is 9.15 Å². The molecule has 7 nitrogen and oxygen atoms in total. The van der Waals surface area contributed by atoms with Crippen LogP contribution in [0.25, 0.3) is 32.9 Å². The number of nitrogens with zero attached hydrogens (tertiary/aromatic N) is 4. The summed E-state index contributed by atoms with van der Waals surface area (Å²) in [5, 5.41) is 14.3. The van der Waals surface area contributed by atoms with Crippen LogP contribution in [0.1, 0.15) is 18.5 Å². The van der Waals surface area contributed by atoms with Gasteiger partial charge in [-0.2, -0.15) is 0 Å². The van der Waals surface area contributed by atoms with Crippen LogP contribution in [0.2, 0.25) is 0 Å². The summed E-state index contributed by atoms with van der Waals surface area (Å²) >= 11 is 3.29. The Morgan fingerprint density at radius 1 is 1.22 bits per heavy atom. The minimum Gasteiger partial charge on any atom is -0.472 e. The minimum absolute atomic E-state index is 0.196. The quantitative estimate of drug-likeness (QED) is 0.316. The van der Waals surface area contributed by atoms with Crippen LogP contribution in [0.4, 0.5) is 0 Å². The molecule has 0 amide bonds. The van der Waals surface area contributed by atoms with Crippen molar-refractivity contribution in [1.29, 1.82) is 0 Å². The van der Waals surface area contributed by atoms with E-state index in [9.17, 15) is 0 Å². The predicted octanol–water partition coefficient (Wildman–Crippen LogP) is 5.61. The van der Waals surface area contributed by atoms with Crippen molar-refractivity contribution in [3.63, 3.8) is 0 Å².